The Morgan fingerprint density at radius 1 is 1.15 bits per heavy atom. The van der Waals surface area contributed by atoms with E-state index in [4.69, 9.17) is 9.47 Å². The molecule has 0 aliphatic carbocycles. The fourth-order valence-electron chi connectivity index (χ4n) is 2.88. The number of carbonyl (C=O) groups is 1. The summed E-state index contributed by atoms with van der Waals surface area (Å²) < 4.78 is 36.1. The van der Waals surface area contributed by atoms with Crippen LogP contribution in [-0.2, 0) is 21.2 Å². The van der Waals surface area contributed by atoms with Crippen LogP contribution in [0.1, 0.15) is 24.5 Å². The Kier molecular flexibility index (Phi) is 5.51. The van der Waals surface area contributed by atoms with Crippen molar-refractivity contribution >= 4 is 21.9 Å². The summed E-state index contributed by atoms with van der Waals surface area (Å²) in [6, 6.07) is 12.1. The van der Waals surface area contributed by atoms with Crippen molar-refractivity contribution in [2.75, 3.05) is 12.4 Å². The molecule has 0 fully saturated rings. The SMILES string of the molecule is CCOc1ccccc1COc1ccc2c(c1)C=C(C(=O)O)CCS2(=O)=O. The average molecular weight is 388 g/mol. The molecule has 142 valence electrons. The summed E-state index contributed by atoms with van der Waals surface area (Å²) in [5.74, 6) is -0.154. The van der Waals surface area contributed by atoms with Crippen LogP contribution >= 0.6 is 0 Å². The number of benzene rings is 2. The maximum absolute atomic E-state index is 12.4. The molecule has 27 heavy (non-hydrogen) atoms. The molecule has 0 saturated heterocycles. The van der Waals surface area contributed by atoms with E-state index in [1.807, 2.05) is 31.2 Å². The fraction of sp³-hybridized carbons (Fsp3) is 0.250. The molecule has 7 heteroatoms. The zero-order chi connectivity index (χ0) is 19.4. The highest BCUT2D eigenvalue weighted by Gasteiger charge is 2.24. The van der Waals surface area contributed by atoms with Gasteiger partial charge in [-0.2, -0.15) is 0 Å². The van der Waals surface area contributed by atoms with Crippen molar-refractivity contribution in [2.45, 2.75) is 24.8 Å². The normalized spacial score (nSPS) is 15.2. The second-order valence-electron chi connectivity index (χ2n) is 6.07. The molecule has 0 spiro atoms. The summed E-state index contributed by atoms with van der Waals surface area (Å²) >= 11 is 0. The van der Waals surface area contributed by atoms with Crippen molar-refractivity contribution < 1.29 is 27.8 Å². The molecule has 1 aliphatic heterocycles. The molecular formula is C20H20O6S. The maximum atomic E-state index is 12.4. The molecule has 1 aliphatic rings. The van der Waals surface area contributed by atoms with E-state index in [9.17, 15) is 18.3 Å². The van der Waals surface area contributed by atoms with Crippen LogP contribution in [-0.4, -0.2) is 31.9 Å². The monoisotopic (exact) mass is 388 g/mol. The number of sulfone groups is 1. The van der Waals surface area contributed by atoms with Crippen molar-refractivity contribution in [1.82, 2.24) is 0 Å². The van der Waals surface area contributed by atoms with E-state index < -0.39 is 15.8 Å². The average Bonchev–Trinajstić information content (AvgIpc) is 2.77. The summed E-state index contributed by atoms with van der Waals surface area (Å²) in [6.45, 7) is 2.69. The van der Waals surface area contributed by atoms with Gasteiger partial charge in [-0.25, -0.2) is 13.2 Å². The number of fused-ring (bicyclic) bond motifs is 1. The van der Waals surface area contributed by atoms with Crippen LogP contribution in [0.3, 0.4) is 0 Å². The van der Waals surface area contributed by atoms with Gasteiger partial charge in [-0.1, -0.05) is 18.2 Å². The van der Waals surface area contributed by atoms with Crippen molar-refractivity contribution in [3.8, 4) is 11.5 Å². The Balaban J connectivity index is 1.89. The highest BCUT2D eigenvalue weighted by atomic mass is 32.2. The fourth-order valence-corrected chi connectivity index (χ4v) is 4.34. The van der Waals surface area contributed by atoms with Gasteiger partial charge >= 0.3 is 5.97 Å². The minimum absolute atomic E-state index is 0.0235. The topological polar surface area (TPSA) is 89.9 Å². The third-order valence-electron chi connectivity index (χ3n) is 4.23. The van der Waals surface area contributed by atoms with Crippen LogP contribution in [0.25, 0.3) is 6.08 Å². The van der Waals surface area contributed by atoms with Crippen LogP contribution in [0.2, 0.25) is 0 Å². The van der Waals surface area contributed by atoms with Crippen molar-refractivity contribution in [2.24, 2.45) is 0 Å². The molecule has 1 heterocycles. The minimum atomic E-state index is -3.53. The van der Waals surface area contributed by atoms with Crippen LogP contribution < -0.4 is 9.47 Å². The van der Waals surface area contributed by atoms with Gasteiger partial charge in [0.25, 0.3) is 0 Å². The van der Waals surface area contributed by atoms with E-state index in [0.29, 0.717) is 17.9 Å². The van der Waals surface area contributed by atoms with E-state index >= 15 is 0 Å². The number of carboxylic acids is 1. The molecule has 0 saturated carbocycles. The highest BCUT2D eigenvalue weighted by Crippen LogP contribution is 2.30. The Morgan fingerprint density at radius 2 is 1.93 bits per heavy atom. The van der Waals surface area contributed by atoms with Crippen LogP contribution in [0.15, 0.2) is 52.9 Å². The molecule has 0 radical (unpaired) electrons. The van der Waals surface area contributed by atoms with Gasteiger partial charge in [-0.3, -0.25) is 0 Å². The highest BCUT2D eigenvalue weighted by molar-refractivity contribution is 7.91. The van der Waals surface area contributed by atoms with E-state index in [1.165, 1.54) is 12.1 Å². The van der Waals surface area contributed by atoms with Gasteiger partial charge < -0.3 is 14.6 Å². The molecule has 1 N–H and O–H groups in total. The second kappa shape index (κ2) is 7.84. The number of rotatable bonds is 6. The van der Waals surface area contributed by atoms with Crippen LogP contribution in [0.4, 0.5) is 0 Å². The van der Waals surface area contributed by atoms with Crippen LogP contribution in [0, 0.1) is 0 Å². The van der Waals surface area contributed by atoms with Crippen LogP contribution in [0.5, 0.6) is 11.5 Å². The van der Waals surface area contributed by atoms with Gasteiger partial charge in [0, 0.05) is 11.1 Å². The van der Waals surface area contributed by atoms with Gasteiger partial charge in [-0.05, 0) is 49.2 Å². The molecule has 0 amide bonds. The molecule has 6 nitrogen and oxygen atoms in total. The number of hydrogen-bond donors (Lipinski definition) is 1. The summed E-state index contributed by atoms with van der Waals surface area (Å²) in [5, 5.41) is 9.25. The largest absolute Gasteiger partial charge is 0.493 e. The van der Waals surface area contributed by atoms with Crippen molar-refractivity contribution in [1.29, 1.82) is 0 Å². The van der Waals surface area contributed by atoms with Gasteiger partial charge in [0.15, 0.2) is 9.84 Å². The minimum Gasteiger partial charge on any atom is -0.493 e. The quantitative estimate of drug-likeness (QED) is 0.817. The zero-order valence-corrected chi connectivity index (χ0v) is 15.7. The third kappa shape index (κ3) is 4.31. The van der Waals surface area contributed by atoms with Gasteiger partial charge in [0.1, 0.15) is 18.1 Å². The number of hydrogen-bond acceptors (Lipinski definition) is 5. The lowest BCUT2D eigenvalue weighted by atomic mass is 10.1. The van der Waals surface area contributed by atoms with Crippen molar-refractivity contribution in [3.63, 3.8) is 0 Å². The molecule has 0 unspecified atom stereocenters. The Morgan fingerprint density at radius 3 is 2.67 bits per heavy atom. The number of carboxylic acid groups (broad SMARTS) is 1. The summed E-state index contributed by atoms with van der Waals surface area (Å²) in [4.78, 5) is 11.4. The third-order valence-corrected chi connectivity index (χ3v) is 6.01. The van der Waals surface area contributed by atoms with E-state index in [1.54, 1.807) is 12.1 Å². The van der Waals surface area contributed by atoms with E-state index in [-0.39, 0.29) is 29.2 Å². The molecular weight excluding hydrogens is 368 g/mol. The lowest BCUT2D eigenvalue weighted by Gasteiger charge is -2.12. The first-order chi connectivity index (χ1) is 12.9. The number of para-hydroxylation sites is 1. The lowest BCUT2D eigenvalue weighted by molar-refractivity contribution is -0.132. The first-order valence-corrected chi connectivity index (χ1v) is 10.2. The predicted octanol–water partition coefficient (Wildman–Crippen LogP) is 3.31. The van der Waals surface area contributed by atoms with E-state index in [2.05, 4.69) is 0 Å². The van der Waals surface area contributed by atoms with Crippen molar-refractivity contribution in [3.05, 3.63) is 59.2 Å². The second-order valence-corrected chi connectivity index (χ2v) is 8.15. The predicted molar refractivity (Wildman–Crippen MR) is 101 cm³/mol. The molecule has 0 atom stereocenters. The summed E-state index contributed by atoms with van der Waals surface area (Å²) in [6.07, 6.45) is 1.38. The zero-order valence-electron chi connectivity index (χ0n) is 14.8. The van der Waals surface area contributed by atoms with Gasteiger partial charge in [0.2, 0.25) is 0 Å². The first-order valence-electron chi connectivity index (χ1n) is 8.55. The molecule has 2 aromatic rings. The summed E-state index contributed by atoms with van der Waals surface area (Å²) in [5.41, 5.74) is 1.26. The summed E-state index contributed by atoms with van der Waals surface area (Å²) in [7, 11) is -3.53. The number of ether oxygens (including phenoxy) is 2. The van der Waals surface area contributed by atoms with E-state index in [0.717, 1.165) is 11.3 Å². The molecule has 3 rings (SSSR count). The lowest BCUT2D eigenvalue weighted by Crippen LogP contribution is -2.08. The standard InChI is InChI=1S/C20H20O6S/c1-2-25-18-6-4-3-5-15(18)13-26-17-7-8-19-16(12-17)11-14(20(21)22)9-10-27(19,23)24/h3-8,11-12H,2,9-10,13H2,1H3,(H,21,22). The Bertz CT molecular complexity index is 991. The Hall–Kier alpha value is -2.80. The van der Waals surface area contributed by atoms with Gasteiger partial charge in [0.05, 0.1) is 17.3 Å². The molecule has 0 bridgehead atoms. The smallest absolute Gasteiger partial charge is 0.331 e. The Labute approximate surface area is 158 Å². The number of aliphatic carboxylic acids is 1. The molecule has 2 aromatic carbocycles. The molecule has 0 aromatic heterocycles. The van der Waals surface area contributed by atoms with Gasteiger partial charge in [-0.15, -0.1) is 0 Å². The first kappa shape index (κ1) is 19.0. The maximum Gasteiger partial charge on any atom is 0.331 e.